The summed E-state index contributed by atoms with van der Waals surface area (Å²) in [7, 11) is 0. The molecule has 0 aromatic carbocycles. The quantitative estimate of drug-likeness (QED) is 0.675. The topological polar surface area (TPSA) is 134 Å². The molecule has 2 rings (SSSR count). The van der Waals surface area contributed by atoms with Crippen LogP contribution in [-0.2, 0) is 9.47 Å². The number of carbonyl (C=O) groups is 3. The van der Waals surface area contributed by atoms with E-state index in [-0.39, 0.29) is 43.1 Å². The molecule has 162 valence electrons. The van der Waals surface area contributed by atoms with Gasteiger partial charge in [-0.1, -0.05) is 5.16 Å². The number of rotatable bonds is 6. The average Bonchev–Trinajstić information content (AvgIpc) is 3.31. The van der Waals surface area contributed by atoms with Gasteiger partial charge in [0.1, 0.15) is 11.6 Å². The van der Waals surface area contributed by atoms with Gasteiger partial charge in [0, 0.05) is 6.54 Å². The second-order valence-corrected chi connectivity index (χ2v) is 6.56. The van der Waals surface area contributed by atoms with E-state index in [9.17, 15) is 19.5 Å². The Kier molecular flexibility index (Phi) is 7.82. The lowest BCUT2D eigenvalue weighted by atomic mass is 10.1. The van der Waals surface area contributed by atoms with Crippen molar-refractivity contribution in [3.63, 3.8) is 0 Å². The van der Waals surface area contributed by atoms with Gasteiger partial charge in [-0.3, -0.25) is 4.79 Å². The van der Waals surface area contributed by atoms with Crippen LogP contribution in [-0.4, -0.2) is 70.7 Å². The molecule has 0 spiro atoms. The summed E-state index contributed by atoms with van der Waals surface area (Å²) >= 11 is 0. The Balaban J connectivity index is 2.34. The molecule has 1 saturated heterocycles. The highest BCUT2D eigenvalue weighted by molar-refractivity contribution is 5.96. The summed E-state index contributed by atoms with van der Waals surface area (Å²) in [4.78, 5) is 39.0. The molecule has 2 atom stereocenters. The van der Waals surface area contributed by atoms with Crippen LogP contribution < -0.4 is 5.43 Å². The third-order valence-electron chi connectivity index (χ3n) is 4.67. The zero-order valence-electron chi connectivity index (χ0n) is 17.1. The van der Waals surface area contributed by atoms with Crippen molar-refractivity contribution in [3.8, 4) is 0 Å². The second kappa shape index (κ2) is 10.1. The zero-order chi connectivity index (χ0) is 21.6. The predicted molar refractivity (Wildman–Crippen MR) is 99.8 cm³/mol. The van der Waals surface area contributed by atoms with Crippen LogP contribution in [0.5, 0.6) is 0 Å². The van der Waals surface area contributed by atoms with Gasteiger partial charge in [0.05, 0.1) is 31.6 Å². The predicted octanol–water partition coefficient (Wildman–Crippen LogP) is 1.76. The molecule has 11 nitrogen and oxygen atoms in total. The van der Waals surface area contributed by atoms with E-state index in [2.05, 4.69) is 10.6 Å². The zero-order valence-corrected chi connectivity index (χ0v) is 17.1. The van der Waals surface area contributed by atoms with E-state index < -0.39 is 18.2 Å². The van der Waals surface area contributed by atoms with Crippen molar-refractivity contribution < 1.29 is 33.5 Å². The normalized spacial score (nSPS) is 17.0. The minimum atomic E-state index is -0.909. The fourth-order valence-corrected chi connectivity index (χ4v) is 3.24. The largest absolute Gasteiger partial charge is 0.449 e. The summed E-state index contributed by atoms with van der Waals surface area (Å²) in [6.45, 7) is 6.99. The molecule has 0 aliphatic carbocycles. The molecule has 1 fully saturated rings. The van der Waals surface area contributed by atoms with Crippen LogP contribution in [0.4, 0.5) is 9.59 Å². The number of amides is 3. The van der Waals surface area contributed by atoms with Crippen LogP contribution in [0.1, 0.15) is 61.5 Å². The van der Waals surface area contributed by atoms with Gasteiger partial charge in [-0.25, -0.2) is 20.0 Å². The Hall–Kier alpha value is -2.82. The summed E-state index contributed by atoms with van der Waals surface area (Å²) in [5, 5.41) is 14.3. The highest BCUT2D eigenvalue weighted by Gasteiger charge is 2.37. The lowest BCUT2D eigenvalue weighted by Gasteiger charge is -2.28. The summed E-state index contributed by atoms with van der Waals surface area (Å²) in [5.41, 5.74) is 2.85. The fourth-order valence-electron chi connectivity index (χ4n) is 3.24. The molecular formula is C18H28N4O7. The Morgan fingerprint density at radius 2 is 2.03 bits per heavy atom. The van der Waals surface area contributed by atoms with Gasteiger partial charge in [-0.05, 0) is 40.5 Å². The molecule has 0 radical (unpaired) electrons. The smallest absolute Gasteiger partial charge is 0.429 e. The molecule has 1 aliphatic rings. The Bertz CT molecular complexity index is 736. The standard InChI is InChI=1S/C18H28N4O7/c1-5-27-17(25)19-22(18(26)28-6-2)12(4)15-14(11(3)20-29-15)16(24)21-9-7-8-13(21)10-23/h12-13,23H,5-10H2,1-4H3,(H,19,25)/t12-,13-/m0/s1. The van der Waals surface area contributed by atoms with Crippen molar-refractivity contribution >= 4 is 18.1 Å². The number of hydrogen-bond acceptors (Lipinski definition) is 8. The SMILES string of the molecule is CCOC(=O)NN(C(=O)OCC)[C@@H](C)c1onc(C)c1C(=O)N1CCC[C@H]1CO. The third-order valence-corrected chi connectivity index (χ3v) is 4.67. The highest BCUT2D eigenvalue weighted by Crippen LogP contribution is 2.29. The van der Waals surface area contributed by atoms with Crippen molar-refractivity contribution in [2.45, 2.75) is 52.6 Å². The number of likely N-dealkylation sites (tertiary alicyclic amines) is 1. The molecule has 0 saturated carbocycles. The van der Waals surface area contributed by atoms with Crippen LogP contribution in [0, 0.1) is 6.92 Å². The van der Waals surface area contributed by atoms with Gasteiger partial charge in [0.2, 0.25) is 0 Å². The highest BCUT2D eigenvalue weighted by atomic mass is 16.6. The number of nitrogens with one attached hydrogen (secondary N) is 1. The molecule has 1 aromatic rings. The lowest BCUT2D eigenvalue weighted by molar-refractivity contribution is 0.0512. The molecule has 3 amide bonds. The minimum Gasteiger partial charge on any atom is -0.449 e. The van der Waals surface area contributed by atoms with E-state index >= 15 is 0 Å². The van der Waals surface area contributed by atoms with Crippen molar-refractivity contribution in [2.75, 3.05) is 26.4 Å². The molecule has 1 aliphatic heterocycles. The number of ether oxygens (including phenoxy) is 2. The van der Waals surface area contributed by atoms with Crippen molar-refractivity contribution in [1.29, 1.82) is 0 Å². The second-order valence-electron chi connectivity index (χ2n) is 6.56. The van der Waals surface area contributed by atoms with Crippen LogP contribution in [0.3, 0.4) is 0 Å². The molecule has 1 aromatic heterocycles. The Labute approximate surface area is 168 Å². The number of aromatic nitrogens is 1. The van der Waals surface area contributed by atoms with Gasteiger partial charge >= 0.3 is 12.2 Å². The van der Waals surface area contributed by atoms with E-state index in [0.717, 1.165) is 11.4 Å². The van der Waals surface area contributed by atoms with Crippen LogP contribution in [0.15, 0.2) is 4.52 Å². The van der Waals surface area contributed by atoms with Gasteiger partial charge in [-0.2, -0.15) is 0 Å². The molecule has 0 bridgehead atoms. The molecular weight excluding hydrogens is 384 g/mol. The van der Waals surface area contributed by atoms with Crippen LogP contribution in [0.25, 0.3) is 0 Å². The maximum atomic E-state index is 13.1. The third kappa shape index (κ3) is 4.97. The number of aliphatic hydroxyl groups excluding tert-OH is 1. The summed E-state index contributed by atoms with van der Waals surface area (Å²) in [6, 6.07) is -1.19. The van der Waals surface area contributed by atoms with Gasteiger partial charge in [-0.15, -0.1) is 0 Å². The first kappa shape index (κ1) is 22.5. The van der Waals surface area contributed by atoms with Crippen molar-refractivity contribution in [3.05, 3.63) is 17.0 Å². The molecule has 11 heteroatoms. The number of hydrogen-bond donors (Lipinski definition) is 2. The lowest BCUT2D eigenvalue weighted by Crippen LogP contribution is -2.48. The first-order chi connectivity index (χ1) is 13.8. The maximum Gasteiger partial charge on any atom is 0.429 e. The van der Waals surface area contributed by atoms with Crippen molar-refractivity contribution in [2.24, 2.45) is 0 Å². The van der Waals surface area contributed by atoms with E-state index in [1.165, 1.54) is 0 Å². The van der Waals surface area contributed by atoms with Gasteiger partial charge < -0.3 is 24.0 Å². The number of nitrogens with zero attached hydrogens (tertiary/aromatic N) is 3. The number of carbonyl (C=O) groups excluding carboxylic acids is 3. The summed E-state index contributed by atoms with van der Waals surface area (Å²) in [6.07, 6.45) is -0.200. The summed E-state index contributed by atoms with van der Waals surface area (Å²) in [5.74, 6) is -0.247. The van der Waals surface area contributed by atoms with E-state index in [4.69, 9.17) is 14.0 Å². The molecule has 0 unspecified atom stereocenters. The fraction of sp³-hybridized carbons (Fsp3) is 0.667. The van der Waals surface area contributed by atoms with Crippen LogP contribution >= 0.6 is 0 Å². The first-order valence-electron chi connectivity index (χ1n) is 9.62. The van der Waals surface area contributed by atoms with Gasteiger partial charge in [0.15, 0.2) is 5.76 Å². The van der Waals surface area contributed by atoms with Gasteiger partial charge in [0.25, 0.3) is 5.91 Å². The summed E-state index contributed by atoms with van der Waals surface area (Å²) < 4.78 is 15.2. The maximum absolute atomic E-state index is 13.1. The van der Waals surface area contributed by atoms with Crippen LogP contribution in [0.2, 0.25) is 0 Å². The monoisotopic (exact) mass is 412 g/mol. The number of aliphatic hydroxyl groups is 1. The minimum absolute atomic E-state index is 0.0831. The first-order valence-corrected chi connectivity index (χ1v) is 9.62. The molecule has 29 heavy (non-hydrogen) atoms. The number of aryl methyl sites for hydroxylation is 1. The average molecular weight is 412 g/mol. The van der Waals surface area contributed by atoms with Crippen molar-refractivity contribution in [1.82, 2.24) is 20.5 Å². The van der Waals surface area contributed by atoms with E-state index in [0.29, 0.717) is 18.7 Å². The Morgan fingerprint density at radius 3 is 2.66 bits per heavy atom. The Morgan fingerprint density at radius 1 is 1.34 bits per heavy atom. The van der Waals surface area contributed by atoms with E-state index in [1.54, 1.807) is 32.6 Å². The molecule has 2 N–H and O–H groups in total. The van der Waals surface area contributed by atoms with E-state index in [1.807, 2.05) is 0 Å². The molecule has 2 heterocycles. The number of hydrazine groups is 1.